The number of halogens is 1. The van der Waals surface area contributed by atoms with Crippen molar-refractivity contribution in [2.24, 2.45) is 0 Å². The summed E-state index contributed by atoms with van der Waals surface area (Å²) in [5, 5.41) is 11.3. The van der Waals surface area contributed by atoms with Gasteiger partial charge in [-0.05, 0) is 48.0 Å². The number of hydrogen-bond acceptors (Lipinski definition) is 7. The number of nitro groups is 1. The summed E-state index contributed by atoms with van der Waals surface area (Å²) in [6.07, 6.45) is 2.88. The molecule has 2 aromatic carbocycles. The molecule has 1 aliphatic rings. The van der Waals surface area contributed by atoms with Crippen molar-refractivity contribution in [1.29, 1.82) is 0 Å². The molecule has 0 bridgehead atoms. The van der Waals surface area contributed by atoms with Gasteiger partial charge in [-0.1, -0.05) is 47.7 Å². The van der Waals surface area contributed by atoms with Crippen LogP contribution in [-0.4, -0.2) is 20.1 Å². The zero-order chi connectivity index (χ0) is 22.0. The van der Waals surface area contributed by atoms with E-state index >= 15 is 0 Å². The minimum atomic E-state index is -0.527. The Morgan fingerprint density at radius 3 is 2.42 bits per heavy atom. The predicted octanol–water partition coefficient (Wildman–Crippen LogP) is 5.84. The maximum Gasteiger partial charge on any atom is 0.287 e. The van der Waals surface area contributed by atoms with Crippen molar-refractivity contribution >= 4 is 63.3 Å². The molecule has 1 aliphatic heterocycles. The van der Waals surface area contributed by atoms with E-state index in [0.717, 1.165) is 11.8 Å². The average molecular weight is 470 g/mol. The number of nitrogens with zero attached hydrogens (tertiary/aromatic N) is 3. The Morgan fingerprint density at radius 2 is 1.81 bits per heavy atom. The van der Waals surface area contributed by atoms with Gasteiger partial charge in [0.15, 0.2) is 4.32 Å². The molecule has 1 aromatic heterocycles. The minimum absolute atomic E-state index is 0.112. The Bertz CT molecular complexity index is 1200. The zero-order valence-electron chi connectivity index (χ0n) is 15.6. The smallest absolute Gasteiger partial charge is 0.287 e. The van der Waals surface area contributed by atoms with Crippen molar-refractivity contribution in [1.82, 2.24) is 4.98 Å². The molecule has 0 spiro atoms. The summed E-state index contributed by atoms with van der Waals surface area (Å²) in [6.45, 7) is 0. The molecule has 3 aromatic rings. The van der Waals surface area contributed by atoms with Gasteiger partial charge in [0.05, 0.1) is 15.5 Å². The van der Waals surface area contributed by atoms with Gasteiger partial charge in [0.1, 0.15) is 11.9 Å². The molecule has 0 unspecified atom stereocenters. The van der Waals surface area contributed by atoms with Gasteiger partial charge in [0.25, 0.3) is 11.6 Å². The Morgan fingerprint density at radius 1 is 1.10 bits per heavy atom. The molecule has 10 heteroatoms. The number of anilines is 1. The lowest BCUT2D eigenvalue weighted by molar-refractivity contribution is -0.385. The summed E-state index contributed by atoms with van der Waals surface area (Å²) in [4.78, 5) is 28.9. The molecule has 7 nitrogen and oxygen atoms in total. The van der Waals surface area contributed by atoms with Gasteiger partial charge < -0.3 is 4.74 Å². The Kier molecular flexibility index (Phi) is 5.99. The Balaban J connectivity index is 1.48. The number of amides is 1. The van der Waals surface area contributed by atoms with E-state index in [1.807, 2.05) is 0 Å². The lowest BCUT2D eigenvalue weighted by Crippen LogP contribution is -2.27. The molecule has 1 fully saturated rings. The number of thioether (sulfide) groups is 1. The minimum Gasteiger partial charge on any atom is -0.439 e. The van der Waals surface area contributed by atoms with Gasteiger partial charge in [0.2, 0.25) is 5.88 Å². The van der Waals surface area contributed by atoms with Crippen molar-refractivity contribution in [2.75, 3.05) is 4.90 Å². The Hall–Kier alpha value is -3.27. The highest BCUT2D eigenvalue weighted by Crippen LogP contribution is 2.36. The van der Waals surface area contributed by atoms with Gasteiger partial charge in [0, 0.05) is 17.2 Å². The summed E-state index contributed by atoms with van der Waals surface area (Å²) in [5.74, 6) is 0.544. The number of rotatable bonds is 5. The fraction of sp³-hybridized carbons (Fsp3) is 0. The van der Waals surface area contributed by atoms with E-state index in [-0.39, 0.29) is 17.5 Å². The number of ether oxygens (including phenoxy) is 1. The van der Waals surface area contributed by atoms with E-state index in [0.29, 0.717) is 25.7 Å². The van der Waals surface area contributed by atoms with Crippen molar-refractivity contribution < 1.29 is 14.5 Å². The molecule has 0 aliphatic carbocycles. The van der Waals surface area contributed by atoms with Crippen molar-refractivity contribution in [2.45, 2.75) is 0 Å². The molecule has 31 heavy (non-hydrogen) atoms. The van der Waals surface area contributed by atoms with Crippen molar-refractivity contribution in [3.63, 3.8) is 0 Å². The molecule has 0 saturated carbocycles. The van der Waals surface area contributed by atoms with Crippen LogP contribution in [0.3, 0.4) is 0 Å². The maximum absolute atomic E-state index is 12.8. The highest BCUT2D eigenvalue weighted by Gasteiger charge is 2.33. The van der Waals surface area contributed by atoms with Crippen LogP contribution in [-0.2, 0) is 4.79 Å². The molecule has 4 rings (SSSR count). The van der Waals surface area contributed by atoms with Crippen LogP contribution >= 0.6 is 35.6 Å². The van der Waals surface area contributed by atoms with Crippen LogP contribution in [0.5, 0.6) is 11.6 Å². The first-order valence-electron chi connectivity index (χ1n) is 8.82. The molecule has 2 heterocycles. The second-order valence-corrected chi connectivity index (χ2v) is 8.39. The first kappa shape index (κ1) is 21.0. The second kappa shape index (κ2) is 8.84. The highest BCUT2D eigenvalue weighted by atomic mass is 35.5. The van der Waals surface area contributed by atoms with Crippen LogP contribution in [0.15, 0.2) is 71.8 Å². The number of carbonyl (C=O) groups excluding carboxylic acids is 1. The number of aromatic nitrogens is 1. The quantitative estimate of drug-likeness (QED) is 0.201. The molecular formula is C21H12ClN3O4S2. The second-order valence-electron chi connectivity index (χ2n) is 6.28. The van der Waals surface area contributed by atoms with E-state index in [9.17, 15) is 14.9 Å². The fourth-order valence-electron chi connectivity index (χ4n) is 2.73. The van der Waals surface area contributed by atoms with Crippen LogP contribution in [0.4, 0.5) is 11.4 Å². The predicted molar refractivity (Wildman–Crippen MR) is 125 cm³/mol. The molecule has 154 valence electrons. The molecule has 0 N–H and O–H groups in total. The number of pyridine rings is 1. The van der Waals surface area contributed by atoms with Gasteiger partial charge >= 0.3 is 0 Å². The number of thiocarbonyl (C=S) groups is 1. The lowest BCUT2D eigenvalue weighted by atomic mass is 10.2. The average Bonchev–Trinajstić information content (AvgIpc) is 3.03. The van der Waals surface area contributed by atoms with E-state index in [2.05, 4.69) is 4.98 Å². The van der Waals surface area contributed by atoms with Gasteiger partial charge in [-0.15, -0.1) is 0 Å². The third-order valence-electron chi connectivity index (χ3n) is 4.21. The largest absolute Gasteiger partial charge is 0.439 e. The molecule has 1 saturated heterocycles. The third kappa shape index (κ3) is 4.74. The van der Waals surface area contributed by atoms with Crippen molar-refractivity contribution in [3.05, 3.63) is 92.5 Å². The van der Waals surface area contributed by atoms with Crippen LogP contribution in [0.1, 0.15) is 5.56 Å². The SMILES string of the molecule is O=C1/C(=C\c2ccc(Oc3ccc([N+](=O)[O-])cn3)cc2)SC(=S)N1c1ccc(Cl)cc1. The van der Waals surface area contributed by atoms with Gasteiger partial charge in [-0.2, -0.15) is 0 Å². The van der Waals surface area contributed by atoms with Crippen LogP contribution in [0, 0.1) is 10.1 Å². The van der Waals surface area contributed by atoms with Crippen LogP contribution < -0.4 is 9.64 Å². The normalized spacial score (nSPS) is 14.9. The number of hydrogen-bond donors (Lipinski definition) is 0. The van der Waals surface area contributed by atoms with Crippen LogP contribution in [0.25, 0.3) is 6.08 Å². The topological polar surface area (TPSA) is 85.6 Å². The monoisotopic (exact) mass is 469 g/mol. The summed E-state index contributed by atoms with van der Waals surface area (Å²) in [6, 6.07) is 16.7. The molecule has 1 amide bonds. The fourth-order valence-corrected chi connectivity index (χ4v) is 4.15. The Labute approximate surface area is 191 Å². The number of benzene rings is 2. The van der Waals surface area contributed by atoms with E-state index in [1.165, 1.54) is 28.8 Å². The van der Waals surface area contributed by atoms with Gasteiger partial charge in [-0.3, -0.25) is 19.8 Å². The van der Waals surface area contributed by atoms with Gasteiger partial charge in [-0.25, -0.2) is 4.98 Å². The maximum atomic E-state index is 12.8. The lowest BCUT2D eigenvalue weighted by Gasteiger charge is -2.14. The molecular weight excluding hydrogens is 458 g/mol. The van der Waals surface area contributed by atoms with E-state index < -0.39 is 4.92 Å². The number of carbonyl (C=O) groups is 1. The van der Waals surface area contributed by atoms with E-state index in [4.69, 9.17) is 28.6 Å². The molecule has 0 radical (unpaired) electrons. The summed E-state index contributed by atoms with van der Waals surface area (Å²) < 4.78 is 6.04. The summed E-state index contributed by atoms with van der Waals surface area (Å²) in [5.41, 5.74) is 1.34. The molecule has 0 atom stereocenters. The summed E-state index contributed by atoms with van der Waals surface area (Å²) in [7, 11) is 0. The summed E-state index contributed by atoms with van der Waals surface area (Å²) >= 11 is 12.5. The highest BCUT2D eigenvalue weighted by molar-refractivity contribution is 8.27. The van der Waals surface area contributed by atoms with Crippen LogP contribution in [0.2, 0.25) is 5.02 Å². The zero-order valence-corrected chi connectivity index (χ0v) is 18.0. The van der Waals surface area contributed by atoms with E-state index in [1.54, 1.807) is 54.6 Å². The third-order valence-corrected chi connectivity index (χ3v) is 5.76. The van der Waals surface area contributed by atoms with Crippen molar-refractivity contribution in [3.8, 4) is 11.6 Å². The first-order valence-corrected chi connectivity index (χ1v) is 10.4. The standard InChI is InChI=1S/C21H12ClN3O4S2/c22-14-3-5-15(6-4-14)24-20(26)18(31-21(24)30)11-13-1-8-17(9-2-13)29-19-10-7-16(12-23-19)25(27)28/h1-12H/b18-11+. The first-order chi connectivity index (χ1) is 14.9.